The summed E-state index contributed by atoms with van der Waals surface area (Å²) in [4.78, 5) is 23.3. The fourth-order valence-electron chi connectivity index (χ4n) is 1.31. The lowest BCUT2D eigenvalue weighted by Gasteiger charge is -2.43. The summed E-state index contributed by atoms with van der Waals surface area (Å²) in [7, 11) is 0. The van der Waals surface area contributed by atoms with Gasteiger partial charge >= 0.3 is 5.97 Å². The van der Waals surface area contributed by atoms with E-state index in [0.717, 1.165) is 13.0 Å². The van der Waals surface area contributed by atoms with E-state index in [4.69, 9.17) is 5.11 Å². The highest BCUT2D eigenvalue weighted by Gasteiger charge is 2.38. The molecule has 0 bridgehead atoms. The highest BCUT2D eigenvalue weighted by Crippen LogP contribution is 2.36. The molecule has 64 valence electrons. The number of fused-ring (bicyclic) bond motifs is 1. The van der Waals surface area contributed by atoms with Crippen LogP contribution in [0, 0.1) is 0 Å². The number of thioether (sulfide) groups is 1. The van der Waals surface area contributed by atoms with Gasteiger partial charge in [0.2, 0.25) is 5.12 Å². The number of hydrogen-bond donors (Lipinski definition) is 1. The van der Waals surface area contributed by atoms with E-state index in [1.807, 2.05) is 0 Å². The SMILES string of the molecule is O=C1C=C(C(=O)O)N2CCC2S1. The first-order chi connectivity index (χ1) is 5.68. The van der Waals surface area contributed by atoms with E-state index < -0.39 is 5.97 Å². The maximum absolute atomic E-state index is 11.0. The smallest absolute Gasteiger partial charge is 0.352 e. The van der Waals surface area contributed by atoms with Crippen molar-refractivity contribution in [1.29, 1.82) is 0 Å². The summed E-state index contributed by atoms with van der Waals surface area (Å²) in [6.07, 6.45) is 2.10. The summed E-state index contributed by atoms with van der Waals surface area (Å²) in [5.41, 5.74) is 0.148. The van der Waals surface area contributed by atoms with Gasteiger partial charge in [-0.25, -0.2) is 4.79 Å². The number of hydrogen-bond acceptors (Lipinski definition) is 4. The minimum atomic E-state index is -1.01. The molecule has 0 amide bonds. The number of carboxylic acids is 1. The number of carbonyl (C=O) groups excluding carboxylic acids is 1. The van der Waals surface area contributed by atoms with Gasteiger partial charge in [0.1, 0.15) is 5.70 Å². The fraction of sp³-hybridized carbons (Fsp3) is 0.429. The third-order valence-electron chi connectivity index (χ3n) is 2.00. The average Bonchev–Trinajstić information content (AvgIpc) is 1.95. The lowest BCUT2D eigenvalue weighted by Crippen LogP contribution is -2.49. The number of aliphatic carboxylic acids is 1. The van der Waals surface area contributed by atoms with Gasteiger partial charge in [0, 0.05) is 12.6 Å². The molecule has 2 heterocycles. The second kappa shape index (κ2) is 2.52. The Hall–Kier alpha value is -0.970. The molecule has 0 aromatic heterocycles. The van der Waals surface area contributed by atoms with Crippen LogP contribution in [0.1, 0.15) is 6.42 Å². The molecule has 1 fully saturated rings. The summed E-state index contributed by atoms with van der Waals surface area (Å²) >= 11 is 1.20. The lowest BCUT2D eigenvalue weighted by molar-refractivity contribution is -0.135. The summed E-state index contributed by atoms with van der Waals surface area (Å²) in [6, 6.07) is 0. The van der Waals surface area contributed by atoms with Crippen molar-refractivity contribution in [1.82, 2.24) is 4.90 Å². The third-order valence-corrected chi connectivity index (χ3v) is 3.11. The lowest BCUT2D eigenvalue weighted by atomic mass is 10.2. The van der Waals surface area contributed by atoms with Crippen molar-refractivity contribution >= 4 is 22.8 Å². The van der Waals surface area contributed by atoms with Crippen molar-refractivity contribution in [2.75, 3.05) is 6.54 Å². The molecule has 4 nitrogen and oxygen atoms in total. The van der Waals surface area contributed by atoms with Crippen LogP contribution in [0.15, 0.2) is 11.8 Å². The van der Waals surface area contributed by atoms with Crippen LogP contribution < -0.4 is 0 Å². The quantitative estimate of drug-likeness (QED) is 0.635. The Balaban J connectivity index is 2.29. The minimum Gasteiger partial charge on any atom is -0.477 e. The highest BCUT2D eigenvalue weighted by molar-refractivity contribution is 8.14. The van der Waals surface area contributed by atoms with Crippen LogP contribution in [-0.4, -0.2) is 33.0 Å². The summed E-state index contributed by atoms with van der Waals surface area (Å²) < 4.78 is 0. The third kappa shape index (κ3) is 1.01. The molecule has 1 saturated heterocycles. The zero-order chi connectivity index (χ0) is 8.72. The molecule has 1 N–H and O–H groups in total. The molecule has 1 atom stereocenters. The van der Waals surface area contributed by atoms with E-state index in [2.05, 4.69) is 0 Å². The minimum absolute atomic E-state index is 0.0774. The first kappa shape index (κ1) is 7.67. The Morgan fingerprint density at radius 3 is 3.00 bits per heavy atom. The van der Waals surface area contributed by atoms with Crippen LogP contribution in [0.4, 0.5) is 0 Å². The Labute approximate surface area is 73.2 Å². The van der Waals surface area contributed by atoms with E-state index in [0.29, 0.717) is 0 Å². The van der Waals surface area contributed by atoms with Crippen molar-refractivity contribution in [3.05, 3.63) is 11.8 Å². The molecule has 0 radical (unpaired) electrons. The predicted molar refractivity (Wildman–Crippen MR) is 43.4 cm³/mol. The van der Waals surface area contributed by atoms with Crippen LogP contribution in [0.5, 0.6) is 0 Å². The van der Waals surface area contributed by atoms with E-state index in [1.54, 1.807) is 4.90 Å². The van der Waals surface area contributed by atoms with Gasteiger partial charge < -0.3 is 10.0 Å². The maximum atomic E-state index is 11.0. The second-order valence-corrected chi connectivity index (χ2v) is 3.89. The summed E-state index contributed by atoms with van der Waals surface area (Å²) in [5.74, 6) is -1.01. The normalized spacial score (nSPS) is 27.3. The first-order valence-corrected chi connectivity index (χ1v) is 4.48. The predicted octanol–water partition coefficient (Wildman–Crippen LogP) is 0.260. The molecule has 0 aromatic carbocycles. The molecule has 0 saturated carbocycles. The van der Waals surface area contributed by atoms with Crippen molar-refractivity contribution in [2.24, 2.45) is 0 Å². The summed E-state index contributed by atoms with van der Waals surface area (Å²) in [5, 5.41) is 8.64. The summed E-state index contributed by atoms with van der Waals surface area (Å²) in [6.45, 7) is 0.753. The van der Waals surface area contributed by atoms with Crippen LogP contribution in [0.2, 0.25) is 0 Å². The number of nitrogens with zero attached hydrogens (tertiary/aromatic N) is 1. The second-order valence-electron chi connectivity index (χ2n) is 2.71. The molecule has 2 aliphatic rings. The molecule has 0 aliphatic carbocycles. The Kier molecular flexibility index (Phi) is 1.61. The molecule has 2 rings (SSSR count). The maximum Gasteiger partial charge on any atom is 0.352 e. The van der Waals surface area contributed by atoms with Crippen LogP contribution in [0.3, 0.4) is 0 Å². The van der Waals surface area contributed by atoms with Crippen molar-refractivity contribution < 1.29 is 14.7 Å². The van der Waals surface area contributed by atoms with Gasteiger partial charge in [-0.15, -0.1) is 0 Å². The zero-order valence-corrected chi connectivity index (χ0v) is 7.00. The number of carbonyl (C=O) groups is 2. The molecule has 1 unspecified atom stereocenters. The molecular weight excluding hydrogens is 178 g/mol. The monoisotopic (exact) mass is 185 g/mol. The number of carboxylic acid groups (broad SMARTS) is 1. The first-order valence-electron chi connectivity index (χ1n) is 3.61. The zero-order valence-electron chi connectivity index (χ0n) is 6.19. The van der Waals surface area contributed by atoms with Gasteiger partial charge in [0.25, 0.3) is 0 Å². The van der Waals surface area contributed by atoms with Crippen LogP contribution in [0.25, 0.3) is 0 Å². The Morgan fingerprint density at radius 1 is 1.75 bits per heavy atom. The Bertz CT molecular complexity index is 286. The van der Waals surface area contributed by atoms with Gasteiger partial charge in [0.15, 0.2) is 0 Å². The fourth-order valence-corrected chi connectivity index (χ4v) is 2.33. The van der Waals surface area contributed by atoms with Gasteiger partial charge in [-0.2, -0.15) is 0 Å². The van der Waals surface area contributed by atoms with E-state index in [-0.39, 0.29) is 16.2 Å². The van der Waals surface area contributed by atoms with E-state index in [9.17, 15) is 9.59 Å². The molecular formula is C7H7NO3S. The van der Waals surface area contributed by atoms with E-state index in [1.165, 1.54) is 17.8 Å². The van der Waals surface area contributed by atoms with Crippen LogP contribution >= 0.6 is 11.8 Å². The van der Waals surface area contributed by atoms with Gasteiger partial charge in [-0.05, 0) is 6.42 Å². The van der Waals surface area contributed by atoms with Crippen molar-refractivity contribution in [3.8, 4) is 0 Å². The van der Waals surface area contributed by atoms with Gasteiger partial charge in [-0.3, -0.25) is 4.79 Å². The topological polar surface area (TPSA) is 57.6 Å². The molecule has 12 heavy (non-hydrogen) atoms. The highest BCUT2D eigenvalue weighted by atomic mass is 32.2. The molecule has 5 heteroatoms. The number of rotatable bonds is 1. The molecule has 2 aliphatic heterocycles. The van der Waals surface area contributed by atoms with E-state index >= 15 is 0 Å². The molecule has 0 spiro atoms. The average molecular weight is 185 g/mol. The standard InChI is InChI=1S/C7H7NO3S/c9-6-3-4(7(10)11)8-2-1-5(8)12-6/h3,5H,1-2H2,(H,10,11). The largest absolute Gasteiger partial charge is 0.477 e. The van der Waals surface area contributed by atoms with Crippen molar-refractivity contribution in [2.45, 2.75) is 11.8 Å². The van der Waals surface area contributed by atoms with Gasteiger partial charge in [0.05, 0.1) is 5.37 Å². The Morgan fingerprint density at radius 2 is 2.50 bits per heavy atom. The molecule has 0 aromatic rings. The van der Waals surface area contributed by atoms with Gasteiger partial charge in [-0.1, -0.05) is 11.8 Å². The van der Waals surface area contributed by atoms with Crippen molar-refractivity contribution in [3.63, 3.8) is 0 Å². The van der Waals surface area contributed by atoms with Crippen LogP contribution in [-0.2, 0) is 9.59 Å².